The molecule has 9 heteroatoms. The number of thioether (sulfide) groups is 1. The summed E-state index contributed by atoms with van der Waals surface area (Å²) in [5, 5.41) is 12.0. The molecule has 0 bridgehead atoms. The lowest BCUT2D eigenvalue weighted by Gasteiger charge is -2.19. The molecule has 1 aromatic heterocycles. The Labute approximate surface area is 222 Å². The van der Waals surface area contributed by atoms with E-state index < -0.39 is 5.82 Å². The third kappa shape index (κ3) is 5.96. The van der Waals surface area contributed by atoms with Crippen molar-refractivity contribution < 1.29 is 13.9 Å². The minimum absolute atomic E-state index is 0.0326. The van der Waals surface area contributed by atoms with E-state index in [0.717, 1.165) is 17.0 Å². The number of carbonyl (C=O) groups is 1. The van der Waals surface area contributed by atoms with Crippen molar-refractivity contribution in [2.24, 2.45) is 0 Å². The number of hydrogen-bond acceptors (Lipinski definition) is 5. The van der Waals surface area contributed by atoms with Gasteiger partial charge in [-0.3, -0.25) is 9.36 Å². The first-order valence-corrected chi connectivity index (χ1v) is 13.0. The molecule has 0 radical (unpaired) electrons. The van der Waals surface area contributed by atoms with Gasteiger partial charge in [0.2, 0.25) is 5.91 Å². The highest BCUT2D eigenvalue weighted by Crippen LogP contribution is 2.31. The zero-order valence-electron chi connectivity index (χ0n) is 20.4. The number of nitrogens with zero attached hydrogens (tertiary/aromatic N) is 3. The normalized spacial score (nSPS) is 11.4. The van der Waals surface area contributed by atoms with Crippen LogP contribution in [0.5, 0.6) is 5.75 Å². The minimum atomic E-state index is -0.509. The van der Waals surface area contributed by atoms with Crippen LogP contribution in [0.1, 0.15) is 26.3 Å². The molecule has 3 aromatic carbocycles. The molecule has 1 heterocycles. The van der Waals surface area contributed by atoms with Crippen molar-refractivity contribution in [3.8, 4) is 22.8 Å². The Kier molecular flexibility index (Phi) is 7.80. The zero-order valence-corrected chi connectivity index (χ0v) is 22.8. The summed E-state index contributed by atoms with van der Waals surface area (Å²) in [7, 11) is 1.62. The summed E-state index contributed by atoms with van der Waals surface area (Å²) < 4.78 is 21.9. The number of rotatable bonds is 7. The van der Waals surface area contributed by atoms with E-state index in [1.54, 1.807) is 13.2 Å². The van der Waals surface area contributed by atoms with Crippen LogP contribution < -0.4 is 10.1 Å². The van der Waals surface area contributed by atoms with Gasteiger partial charge in [-0.25, -0.2) is 4.39 Å². The van der Waals surface area contributed by atoms with Gasteiger partial charge in [0, 0.05) is 15.7 Å². The van der Waals surface area contributed by atoms with Crippen molar-refractivity contribution in [3.05, 3.63) is 82.6 Å². The van der Waals surface area contributed by atoms with Gasteiger partial charge in [0.25, 0.3) is 0 Å². The first kappa shape index (κ1) is 25.9. The smallest absolute Gasteiger partial charge is 0.234 e. The van der Waals surface area contributed by atoms with Gasteiger partial charge in [0.15, 0.2) is 11.0 Å². The van der Waals surface area contributed by atoms with Crippen LogP contribution in [0.3, 0.4) is 0 Å². The molecule has 4 rings (SSSR count). The second-order valence-corrected chi connectivity index (χ2v) is 11.0. The summed E-state index contributed by atoms with van der Waals surface area (Å²) in [6.07, 6.45) is 0. The van der Waals surface area contributed by atoms with Crippen molar-refractivity contribution in [1.82, 2.24) is 14.8 Å². The van der Waals surface area contributed by atoms with Gasteiger partial charge in [-0.1, -0.05) is 72.7 Å². The van der Waals surface area contributed by atoms with Gasteiger partial charge < -0.3 is 10.1 Å². The minimum Gasteiger partial charge on any atom is -0.497 e. The van der Waals surface area contributed by atoms with E-state index in [1.165, 1.54) is 29.5 Å². The average molecular weight is 570 g/mol. The first-order valence-electron chi connectivity index (χ1n) is 11.2. The molecule has 0 fully saturated rings. The molecule has 1 amide bonds. The quantitative estimate of drug-likeness (QED) is 0.246. The Hall–Kier alpha value is -3.17. The van der Waals surface area contributed by atoms with Crippen molar-refractivity contribution >= 4 is 39.3 Å². The molecule has 0 atom stereocenters. The lowest BCUT2D eigenvalue weighted by molar-refractivity contribution is -0.113. The maximum atomic E-state index is 14.1. The van der Waals surface area contributed by atoms with Crippen molar-refractivity contribution in [2.45, 2.75) is 31.3 Å². The molecule has 0 aliphatic carbocycles. The molecular formula is C27H26BrFN4O2S. The number of benzene rings is 3. The topological polar surface area (TPSA) is 69.0 Å². The molecule has 1 N–H and O–H groups in total. The predicted octanol–water partition coefficient (Wildman–Crippen LogP) is 6.87. The second-order valence-electron chi connectivity index (χ2n) is 9.13. The Morgan fingerprint density at radius 1 is 1.06 bits per heavy atom. The fourth-order valence-electron chi connectivity index (χ4n) is 3.54. The maximum absolute atomic E-state index is 14.1. The summed E-state index contributed by atoms with van der Waals surface area (Å²) in [6.45, 7) is 6.51. The Morgan fingerprint density at radius 2 is 1.75 bits per heavy atom. The van der Waals surface area contributed by atoms with E-state index in [4.69, 9.17) is 4.74 Å². The molecule has 6 nitrogen and oxygen atoms in total. The van der Waals surface area contributed by atoms with E-state index >= 15 is 0 Å². The number of nitrogens with one attached hydrogen (secondary N) is 1. The van der Waals surface area contributed by atoms with Crippen LogP contribution >= 0.6 is 27.7 Å². The molecule has 36 heavy (non-hydrogen) atoms. The van der Waals surface area contributed by atoms with E-state index in [1.807, 2.05) is 41.0 Å². The molecule has 0 saturated carbocycles. The number of amides is 1. The van der Waals surface area contributed by atoms with Crippen molar-refractivity contribution in [2.75, 3.05) is 18.2 Å². The number of carbonyl (C=O) groups excluding carboxylic acids is 1. The molecule has 0 spiro atoms. The molecular weight excluding hydrogens is 543 g/mol. The van der Waals surface area contributed by atoms with Crippen LogP contribution in [0.4, 0.5) is 10.1 Å². The number of anilines is 1. The summed E-state index contributed by atoms with van der Waals surface area (Å²) in [5.41, 5.74) is 3.11. The fraction of sp³-hybridized carbons (Fsp3) is 0.222. The maximum Gasteiger partial charge on any atom is 0.234 e. The van der Waals surface area contributed by atoms with Gasteiger partial charge in [-0.15, -0.1) is 10.2 Å². The number of halogens is 2. The zero-order chi connectivity index (χ0) is 25.9. The van der Waals surface area contributed by atoms with Gasteiger partial charge in [-0.05, 0) is 53.4 Å². The third-order valence-electron chi connectivity index (χ3n) is 5.51. The van der Waals surface area contributed by atoms with Crippen LogP contribution in [-0.2, 0) is 10.2 Å². The fourth-order valence-corrected chi connectivity index (χ4v) is 4.63. The molecule has 0 saturated heterocycles. The number of ether oxygens (including phenoxy) is 1. The van der Waals surface area contributed by atoms with E-state index in [0.29, 0.717) is 15.5 Å². The molecule has 0 aliphatic heterocycles. The molecule has 4 aromatic rings. The van der Waals surface area contributed by atoms with E-state index in [-0.39, 0.29) is 22.8 Å². The van der Waals surface area contributed by atoms with Crippen molar-refractivity contribution in [1.29, 1.82) is 0 Å². The van der Waals surface area contributed by atoms with Crippen LogP contribution in [0.25, 0.3) is 17.1 Å². The summed E-state index contributed by atoms with van der Waals surface area (Å²) in [5.74, 6) is 0.564. The molecule has 0 unspecified atom stereocenters. The highest BCUT2D eigenvalue weighted by Gasteiger charge is 2.19. The third-order valence-corrected chi connectivity index (χ3v) is 6.93. The summed E-state index contributed by atoms with van der Waals surface area (Å²) in [4.78, 5) is 12.6. The predicted molar refractivity (Wildman–Crippen MR) is 146 cm³/mol. The largest absolute Gasteiger partial charge is 0.497 e. The van der Waals surface area contributed by atoms with Crippen molar-refractivity contribution in [3.63, 3.8) is 0 Å². The van der Waals surface area contributed by atoms with Crippen LogP contribution in [0, 0.1) is 5.82 Å². The monoisotopic (exact) mass is 568 g/mol. The molecule has 0 aliphatic rings. The highest BCUT2D eigenvalue weighted by molar-refractivity contribution is 9.10. The average Bonchev–Trinajstić information content (AvgIpc) is 3.28. The van der Waals surface area contributed by atoms with E-state index in [9.17, 15) is 9.18 Å². The van der Waals surface area contributed by atoms with E-state index in [2.05, 4.69) is 64.3 Å². The lowest BCUT2D eigenvalue weighted by atomic mass is 9.87. The molecule has 186 valence electrons. The Bertz CT molecular complexity index is 1370. The Morgan fingerprint density at radius 3 is 2.36 bits per heavy atom. The van der Waals surface area contributed by atoms with Gasteiger partial charge >= 0.3 is 0 Å². The van der Waals surface area contributed by atoms with Gasteiger partial charge in [-0.2, -0.15) is 0 Å². The van der Waals surface area contributed by atoms with Crippen LogP contribution in [-0.4, -0.2) is 33.5 Å². The number of aromatic nitrogens is 3. The number of methoxy groups -OCH3 is 1. The first-order chi connectivity index (χ1) is 17.2. The summed E-state index contributed by atoms with van der Waals surface area (Å²) in [6, 6.07) is 20.3. The van der Waals surface area contributed by atoms with Crippen LogP contribution in [0.15, 0.2) is 76.4 Å². The highest BCUT2D eigenvalue weighted by atomic mass is 79.9. The lowest BCUT2D eigenvalue weighted by Crippen LogP contribution is -2.15. The standard InChI is InChI=1S/C27H26BrFN4O2S/c1-27(2,3)18-7-5-17(6-8-18)25-31-32-26(33(25)20-10-12-21(35-4)13-11-20)36-16-24(34)30-23-14-9-19(28)15-22(23)29/h5-15H,16H2,1-4H3,(H,30,34). The SMILES string of the molecule is COc1ccc(-n2c(SCC(=O)Nc3ccc(Br)cc3F)nnc2-c2ccc(C(C)(C)C)cc2)cc1. The Balaban J connectivity index is 1.62. The van der Waals surface area contributed by atoms with Gasteiger partial charge in [0.05, 0.1) is 18.6 Å². The number of hydrogen-bond donors (Lipinski definition) is 1. The second kappa shape index (κ2) is 10.8. The van der Waals surface area contributed by atoms with Gasteiger partial charge in [0.1, 0.15) is 11.6 Å². The van der Waals surface area contributed by atoms with Crippen LogP contribution in [0.2, 0.25) is 0 Å². The summed E-state index contributed by atoms with van der Waals surface area (Å²) >= 11 is 4.44.